The third kappa shape index (κ3) is 4.10. The van der Waals surface area contributed by atoms with Crippen LogP contribution in [-0.4, -0.2) is 12.6 Å². The van der Waals surface area contributed by atoms with E-state index in [1.54, 1.807) is 0 Å². The maximum absolute atomic E-state index is 3.70. The molecule has 1 saturated carbocycles. The molecule has 0 bridgehead atoms. The summed E-state index contributed by atoms with van der Waals surface area (Å²) >= 11 is 3.50. The summed E-state index contributed by atoms with van der Waals surface area (Å²) in [6, 6.07) is 9.46. The Morgan fingerprint density at radius 3 is 2.44 bits per heavy atom. The van der Waals surface area contributed by atoms with Gasteiger partial charge in [0, 0.05) is 10.5 Å². The van der Waals surface area contributed by atoms with E-state index in [0.29, 0.717) is 6.04 Å². The van der Waals surface area contributed by atoms with Gasteiger partial charge in [-0.05, 0) is 49.4 Å². The van der Waals surface area contributed by atoms with Crippen molar-refractivity contribution in [3.05, 3.63) is 34.3 Å². The van der Waals surface area contributed by atoms with Gasteiger partial charge < -0.3 is 5.32 Å². The fourth-order valence-corrected chi connectivity index (χ4v) is 3.34. The zero-order valence-electron chi connectivity index (χ0n) is 11.3. The largest absolute Gasteiger partial charge is 0.314 e. The molecule has 0 aromatic heterocycles. The number of nitrogens with one attached hydrogen (secondary N) is 1. The van der Waals surface area contributed by atoms with Gasteiger partial charge in [0.05, 0.1) is 0 Å². The summed E-state index contributed by atoms with van der Waals surface area (Å²) in [6.07, 6.45) is 8.28. The number of hydrogen-bond acceptors (Lipinski definition) is 1. The zero-order chi connectivity index (χ0) is 12.8. The van der Waals surface area contributed by atoms with Gasteiger partial charge in [0.1, 0.15) is 0 Å². The van der Waals surface area contributed by atoms with Crippen molar-refractivity contribution in [2.45, 2.75) is 51.5 Å². The first-order chi connectivity index (χ1) is 8.79. The molecule has 1 unspecified atom stereocenters. The van der Waals surface area contributed by atoms with Crippen molar-refractivity contribution in [2.75, 3.05) is 6.54 Å². The quantitative estimate of drug-likeness (QED) is 0.841. The number of rotatable bonds is 5. The van der Waals surface area contributed by atoms with Crippen LogP contribution in [0, 0.1) is 5.92 Å². The fourth-order valence-electron chi connectivity index (χ4n) is 3.08. The molecule has 1 fully saturated rings. The van der Waals surface area contributed by atoms with E-state index in [0.717, 1.165) is 12.5 Å². The van der Waals surface area contributed by atoms with Gasteiger partial charge in [-0.2, -0.15) is 0 Å². The molecule has 0 radical (unpaired) electrons. The van der Waals surface area contributed by atoms with Crippen LogP contribution in [0.4, 0.5) is 0 Å². The molecule has 1 atom stereocenters. The second-order valence-electron chi connectivity index (χ2n) is 5.39. The molecule has 0 spiro atoms. The standard InChI is InChI=1S/C16H24BrN/c1-2-18-16(14-6-4-3-5-7-14)12-13-8-10-15(17)11-9-13/h8-11,14,16,18H,2-7,12H2,1H3. The van der Waals surface area contributed by atoms with E-state index in [1.165, 1.54) is 48.6 Å². The Hall–Kier alpha value is -0.340. The van der Waals surface area contributed by atoms with Crippen LogP contribution < -0.4 is 5.32 Å². The lowest BCUT2D eigenvalue weighted by Crippen LogP contribution is -2.38. The first-order valence-corrected chi connectivity index (χ1v) is 8.06. The second kappa shape index (κ2) is 7.30. The predicted molar refractivity (Wildman–Crippen MR) is 81.9 cm³/mol. The smallest absolute Gasteiger partial charge is 0.0175 e. The Morgan fingerprint density at radius 1 is 1.17 bits per heavy atom. The molecule has 0 heterocycles. The first-order valence-electron chi connectivity index (χ1n) is 7.27. The molecule has 1 aromatic rings. The summed E-state index contributed by atoms with van der Waals surface area (Å²) in [4.78, 5) is 0. The Kier molecular flexibility index (Phi) is 5.71. The van der Waals surface area contributed by atoms with Crippen LogP contribution in [-0.2, 0) is 6.42 Å². The number of likely N-dealkylation sites (N-methyl/N-ethyl adjacent to an activating group) is 1. The van der Waals surface area contributed by atoms with Crippen molar-refractivity contribution in [1.82, 2.24) is 5.32 Å². The highest BCUT2D eigenvalue weighted by atomic mass is 79.9. The van der Waals surface area contributed by atoms with Crippen molar-refractivity contribution >= 4 is 15.9 Å². The molecule has 0 saturated heterocycles. The highest BCUT2D eigenvalue weighted by Crippen LogP contribution is 2.28. The van der Waals surface area contributed by atoms with Crippen molar-refractivity contribution < 1.29 is 0 Å². The van der Waals surface area contributed by atoms with E-state index in [1.807, 2.05) is 0 Å². The SMILES string of the molecule is CCNC(Cc1ccc(Br)cc1)C1CCCCC1. The fraction of sp³-hybridized carbons (Fsp3) is 0.625. The number of benzene rings is 1. The minimum atomic E-state index is 0.663. The van der Waals surface area contributed by atoms with Gasteiger partial charge >= 0.3 is 0 Å². The topological polar surface area (TPSA) is 12.0 Å². The molecule has 2 heteroatoms. The molecular formula is C16H24BrN. The molecule has 1 aromatic carbocycles. The maximum Gasteiger partial charge on any atom is 0.0175 e. The molecule has 1 nitrogen and oxygen atoms in total. The minimum Gasteiger partial charge on any atom is -0.314 e. The van der Waals surface area contributed by atoms with Crippen LogP contribution in [0.25, 0.3) is 0 Å². The van der Waals surface area contributed by atoms with Gasteiger partial charge in [0.25, 0.3) is 0 Å². The van der Waals surface area contributed by atoms with Crippen LogP contribution in [0.2, 0.25) is 0 Å². The van der Waals surface area contributed by atoms with Crippen molar-refractivity contribution in [2.24, 2.45) is 5.92 Å². The minimum absolute atomic E-state index is 0.663. The van der Waals surface area contributed by atoms with Crippen LogP contribution in [0.15, 0.2) is 28.7 Å². The average Bonchev–Trinajstić information content (AvgIpc) is 2.42. The van der Waals surface area contributed by atoms with Crippen LogP contribution in [0.3, 0.4) is 0 Å². The highest BCUT2D eigenvalue weighted by molar-refractivity contribution is 9.10. The van der Waals surface area contributed by atoms with Crippen LogP contribution >= 0.6 is 15.9 Å². The molecule has 1 aliphatic rings. The van der Waals surface area contributed by atoms with E-state index in [9.17, 15) is 0 Å². The van der Waals surface area contributed by atoms with Crippen molar-refractivity contribution in [3.8, 4) is 0 Å². The Labute approximate surface area is 119 Å². The lowest BCUT2D eigenvalue weighted by molar-refractivity contribution is 0.269. The molecule has 2 rings (SSSR count). The predicted octanol–water partition coefficient (Wildman–Crippen LogP) is 4.55. The molecule has 0 aliphatic heterocycles. The average molecular weight is 310 g/mol. The number of hydrogen-bond donors (Lipinski definition) is 1. The molecule has 1 aliphatic carbocycles. The van der Waals surface area contributed by atoms with E-state index in [2.05, 4.69) is 52.4 Å². The summed E-state index contributed by atoms with van der Waals surface area (Å²) in [6.45, 7) is 3.30. The van der Waals surface area contributed by atoms with Gasteiger partial charge in [-0.1, -0.05) is 54.2 Å². The first kappa shape index (κ1) is 14.1. The summed E-state index contributed by atoms with van der Waals surface area (Å²) in [5, 5.41) is 3.70. The van der Waals surface area contributed by atoms with Gasteiger partial charge in [0.15, 0.2) is 0 Å². The molecule has 18 heavy (non-hydrogen) atoms. The van der Waals surface area contributed by atoms with Gasteiger partial charge in [-0.25, -0.2) is 0 Å². The van der Waals surface area contributed by atoms with Crippen LogP contribution in [0.5, 0.6) is 0 Å². The monoisotopic (exact) mass is 309 g/mol. The van der Waals surface area contributed by atoms with Crippen molar-refractivity contribution in [3.63, 3.8) is 0 Å². The molecule has 1 N–H and O–H groups in total. The summed E-state index contributed by atoms with van der Waals surface area (Å²) in [5.74, 6) is 0.877. The molecule has 100 valence electrons. The summed E-state index contributed by atoms with van der Waals surface area (Å²) in [5.41, 5.74) is 1.45. The van der Waals surface area contributed by atoms with E-state index < -0.39 is 0 Å². The van der Waals surface area contributed by atoms with E-state index in [-0.39, 0.29) is 0 Å². The normalized spacial score (nSPS) is 18.8. The van der Waals surface area contributed by atoms with Gasteiger partial charge in [-0.15, -0.1) is 0 Å². The third-order valence-electron chi connectivity index (χ3n) is 4.05. The second-order valence-corrected chi connectivity index (χ2v) is 6.31. The highest BCUT2D eigenvalue weighted by Gasteiger charge is 2.22. The Bertz CT molecular complexity index is 341. The summed E-state index contributed by atoms with van der Waals surface area (Å²) in [7, 11) is 0. The van der Waals surface area contributed by atoms with Crippen LogP contribution in [0.1, 0.15) is 44.6 Å². The van der Waals surface area contributed by atoms with E-state index >= 15 is 0 Å². The molecule has 0 amide bonds. The Balaban J connectivity index is 1.98. The zero-order valence-corrected chi connectivity index (χ0v) is 12.9. The van der Waals surface area contributed by atoms with Gasteiger partial charge in [-0.3, -0.25) is 0 Å². The van der Waals surface area contributed by atoms with E-state index in [4.69, 9.17) is 0 Å². The van der Waals surface area contributed by atoms with Gasteiger partial charge in [0.2, 0.25) is 0 Å². The lowest BCUT2D eigenvalue weighted by Gasteiger charge is -2.31. The summed E-state index contributed by atoms with van der Waals surface area (Å²) < 4.78 is 1.17. The maximum atomic E-state index is 3.70. The Morgan fingerprint density at radius 2 is 1.83 bits per heavy atom. The third-order valence-corrected chi connectivity index (χ3v) is 4.58. The van der Waals surface area contributed by atoms with Crippen molar-refractivity contribution in [1.29, 1.82) is 0 Å². The lowest BCUT2D eigenvalue weighted by atomic mass is 9.81. The molecular weight excluding hydrogens is 286 g/mol. The number of halogens is 1.